The molecule has 0 unspecified atom stereocenters. The molecule has 0 spiro atoms. The van der Waals surface area contributed by atoms with Crippen molar-refractivity contribution >= 4 is 5.97 Å². The van der Waals surface area contributed by atoms with Crippen molar-refractivity contribution in [1.29, 1.82) is 0 Å². The monoisotopic (exact) mass is 308 g/mol. The van der Waals surface area contributed by atoms with Crippen LogP contribution in [0.25, 0.3) is 0 Å². The Morgan fingerprint density at radius 1 is 1.45 bits per heavy atom. The number of carbonyl (C=O) groups excluding carboxylic acids is 1. The van der Waals surface area contributed by atoms with Gasteiger partial charge >= 0.3 is 5.97 Å². The molecule has 2 aliphatic heterocycles. The Hall–Kier alpha value is -1.47. The summed E-state index contributed by atoms with van der Waals surface area (Å²) in [5.41, 5.74) is 0. The van der Waals surface area contributed by atoms with Crippen LogP contribution in [0.3, 0.4) is 0 Å². The summed E-state index contributed by atoms with van der Waals surface area (Å²) in [4.78, 5) is 20.7. The van der Waals surface area contributed by atoms with Crippen molar-refractivity contribution in [2.75, 3.05) is 20.1 Å². The fraction of sp³-hybridized carbons (Fsp3) is 0.800. The highest BCUT2D eigenvalue weighted by Gasteiger charge is 2.38. The summed E-state index contributed by atoms with van der Waals surface area (Å²) >= 11 is 0. The van der Waals surface area contributed by atoms with Crippen molar-refractivity contribution in [2.24, 2.45) is 0 Å². The SMILES string of the molecule is Cc1nc(CN2CCC[C@H](N(C)[C@@H]3C[C@H](C)OC3=O)C2)no1. The van der Waals surface area contributed by atoms with E-state index in [9.17, 15) is 4.79 Å². The summed E-state index contributed by atoms with van der Waals surface area (Å²) in [7, 11) is 2.04. The van der Waals surface area contributed by atoms with Crippen LogP contribution in [0, 0.1) is 6.92 Å². The van der Waals surface area contributed by atoms with Crippen LogP contribution in [0.4, 0.5) is 0 Å². The number of carbonyl (C=O) groups is 1. The smallest absolute Gasteiger partial charge is 0.323 e. The molecule has 1 aromatic heterocycles. The number of hydrogen-bond donors (Lipinski definition) is 0. The van der Waals surface area contributed by atoms with Crippen LogP contribution in [-0.4, -0.2) is 64.2 Å². The lowest BCUT2D eigenvalue weighted by molar-refractivity contribution is -0.145. The zero-order valence-corrected chi connectivity index (χ0v) is 13.5. The van der Waals surface area contributed by atoms with E-state index in [0.717, 1.165) is 38.2 Å². The van der Waals surface area contributed by atoms with Crippen LogP contribution in [-0.2, 0) is 16.1 Å². The molecule has 2 aliphatic rings. The minimum atomic E-state index is -0.104. The molecule has 0 radical (unpaired) electrons. The molecule has 0 N–H and O–H groups in total. The van der Waals surface area contributed by atoms with Gasteiger partial charge in [-0.1, -0.05) is 5.16 Å². The maximum atomic E-state index is 11.9. The van der Waals surface area contributed by atoms with Crippen LogP contribution < -0.4 is 0 Å². The highest BCUT2D eigenvalue weighted by molar-refractivity contribution is 5.78. The Morgan fingerprint density at radius 3 is 2.91 bits per heavy atom. The van der Waals surface area contributed by atoms with E-state index in [1.165, 1.54) is 0 Å². The van der Waals surface area contributed by atoms with Gasteiger partial charge in [0.25, 0.3) is 0 Å². The van der Waals surface area contributed by atoms with Gasteiger partial charge in [0.05, 0.1) is 6.54 Å². The summed E-state index contributed by atoms with van der Waals surface area (Å²) in [5, 5.41) is 3.96. The first-order valence-electron chi connectivity index (χ1n) is 7.97. The molecule has 2 saturated heterocycles. The standard InChI is InChI=1S/C15H24N4O3/c1-10-7-13(15(20)21-10)18(3)12-5-4-6-19(8-12)9-14-16-11(2)22-17-14/h10,12-13H,4-9H2,1-3H3/t10-,12-,13+/m0/s1. The third-order valence-corrected chi connectivity index (χ3v) is 4.63. The predicted octanol–water partition coefficient (Wildman–Crippen LogP) is 0.978. The van der Waals surface area contributed by atoms with Gasteiger partial charge in [-0.3, -0.25) is 14.6 Å². The van der Waals surface area contributed by atoms with E-state index >= 15 is 0 Å². The first-order valence-corrected chi connectivity index (χ1v) is 7.97. The molecule has 0 aromatic carbocycles. The molecule has 0 aliphatic carbocycles. The van der Waals surface area contributed by atoms with E-state index in [1.807, 2.05) is 14.0 Å². The van der Waals surface area contributed by atoms with Gasteiger partial charge in [-0.05, 0) is 33.4 Å². The number of likely N-dealkylation sites (N-methyl/N-ethyl adjacent to an activating group) is 1. The summed E-state index contributed by atoms with van der Waals surface area (Å²) in [6.07, 6.45) is 3.04. The quantitative estimate of drug-likeness (QED) is 0.768. The summed E-state index contributed by atoms with van der Waals surface area (Å²) in [6.45, 7) is 6.41. The lowest BCUT2D eigenvalue weighted by atomic mass is 10.0. The lowest BCUT2D eigenvalue weighted by Gasteiger charge is -2.38. The molecular weight excluding hydrogens is 284 g/mol. The zero-order chi connectivity index (χ0) is 15.7. The summed E-state index contributed by atoms with van der Waals surface area (Å²) in [6, 6.07) is 0.261. The molecule has 0 saturated carbocycles. The normalized spacial score (nSPS) is 30.0. The average Bonchev–Trinajstić information content (AvgIpc) is 3.04. The van der Waals surface area contributed by atoms with Crippen LogP contribution in [0.5, 0.6) is 0 Å². The van der Waals surface area contributed by atoms with E-state index in [1.54, 1.807) is 6.92 Å². The molecule has 3 heterocycles. The number of cyclic esters (lactones) is 1. The Labute approximate surface area is 130 Å². The predicted molar refractivity (Wildman–Crippen MR) is 79.1 cm³/mol. The summed E-state index contributed by atoms with van der Waals surface area (Å²) < 4.78 is 10.3. The van der Waals surface area contributed by atoms with Gasteiger partial charge in [0.15, 0.2) is 5.82 Å². The third-order valence-electron chi connectivity index (χ3n) is 4.63. The minimum Gasteiger partial charge on any atom is -0.461 e. The number of hydrogen-bond acceptors (Lipinski definition) is 7. The van der Waals surface area contributed by atoms with E-state index < -0.39 is 0 Å². The summed E-state index contributed by atoms with van der Waals surface area (Å²) in [5.74, 6) is 1.25. The van der Waals surface area contributed by atoms with Crippen molar-refractivity contribution in [1.82, 2.24) is 19.9 Å². The van der Waals surface area contributed by atoms with Crippen LogP contribution in [0.15, 0.2) is 4.52 Å². The van der Waals surface area contributed by atoms with E-state index in [-0.39, 0.29) is 18.1 Å². The van der Waals surface area contributed by atoms with Crippen LogP contribution in [0.1, 0.15) is 37.9 Å². The molecular formula is C15H24N4O3. The Balaban J connectivity index is 1.59. The highest BCUT2D eigenvalue weighted by Crippen LogP contribution is 2.24. The Kier molecular flexibility index (Phi) is 4.44. The van der Waals surface area contributed by atoms with Crippen molar-refractivity contribution in [3.63, 3.8) is 0 Å². The fourth-order valence-electron chi connectivity index (χ4n) is 3.44. The molecule has 1 aromatic rings. The number of esters is 1. The van der Waals surface area contributed by atoms with Crippen molar-refractivity contribution in [3.05, 3.63) is 11.7 Å². The number of piperidine rings is 1. The molecule has 7 nitrogen and oxygen atoms in total. The van der Waals surface area contributed by atoms with Crippen molar-refractivity contribution < 1.29 is 14.1 Å². The van der Waals surface area contributed by atoms with Gasteiger partial charge in [-0.15, -0.1) is 0 Å². The van der Waals surface area contributed by atoms with Crippen molar-refractivity contribution in [3.8, 4) is 0 Å². The molecule has 7 heteroatoms. The highest BCUT2D eigenvalue weighted by atomic mass is 16.6. The first kappa shape index (κ1) is 15.4. The number of aryl methyl sites for hydroxylation is 1. The van der Waals surface area contributed by atoms with Gasteiger partial charge in [-0.2, -0.15) is 4.98 Å². The minimum absolute atomic E-state index is 0.0296. The molecule has 3 atom stereocenters. The number of aromatic nitrogens is 2. The maximum absolute atomic E-state index is 11.9. The average molecular weight is 308 g/mol. The molecule has 3 rings (SSSR count). The third kappa shape index (κ3) is 3.30. The van der Waals surface area contributed by atoms with Gasteiger partial charge in [0, 0.05) is 25.9 Å². The van der Waals surface area contributed by atoms with Gasteiger partial charge < -0.3 is 9.26 Å². The molecule has 2 fully saturated rings. The first-order chi connectivity index (χ1) is 10.5. The number of ether oxygens (including phenoxy) is 1. The number of rotatable bonds is 4. The van der Waals surface area contributed by atoms with E-state index in [4.69, 9.17) is 9.26 Å². The second-order valence-electron chi connectivity index (χ2n) is 6.43. The van der Waals surface area contributed by atoms with Crippen LogP contribution >= 0.6 is 0 Å². The number of nitrogens with zero attached hydrogens (tertiary/aromatic N) is 4. The van der Waals surface area contributed by atoms with Gasteiger partial charge in [0.1, 0.15) is 12.1 Å². The van der Waals surface area contributed by atoms with Crippen LogP contribution in [0.2, 0.25) is 0 Å². The molecule has 122 valence electrons. The number of likely N-dealkylation sites (tertiary alicyclic amines) is 1. The lowest BCUT2D eigenvalue weighted by Crippen LogP contribution is -2.51. The second-order valence-corrected chi connectivity index (χ2v) is 6.43. The maximum Gasteiger partial charge on any atom is 0.323 e. The van der Waals surface area contributed by atoms with E-state index in [2.05, 4.69) is 19.9 Å². The molecule has 22 heavy (non-hydrogen) atoms. The van der Waals surface area contributed by atoms with Gasteiger partial charge in [0.2, 0.25) is 5.89 Å². The Morgan fingerprint density at radius 2 is 2.27 bits per heavy atom. The van der Waals surface area contributed by atoms with Crippen molar-refractivity contribution in [2.45, 2.75) is 57.8 Å². The zero-order valence-electron chi connectivity index (χ0n) is 13.5. The fourth-order valence-corrected chi connectivity index (χ4v) is 3.44. The second kappa shape index (κ2) is 6.34. The van der Waals surface area contributed by atoms with E-state index in [0.29, 0.717) is 18.5 Å². The largest absolute Gasteiger partial charge is 0.461 e. The Bertz CT molecular complexity index is 533. The van der Waals surface area contributed by atoms with Gasteiger partial charge in [-0.25, -0.2) is 0 Å². The molecule has 0 bridgehead atoms. The topological polar surface area (TPSA) is 71.7 Å². The molecule has 0 amide bonds.